The Labute approximate surface area is 185 Å². The van der Waals surface area contributed by atoms with Crippen LogP contribution in [0.5, 0.6) is 0 Å². The Morgan fingerprint density at radius 3 is 1.65 bits per heavy atom. The Morgan fingerprint density at radius 2 is 1.23 bits per heavy atom. The molecule has 0 aromatic rings. The Hall–Kier alpha value is -2.32. The zero-order valence-corrected chi connectivity index (χ0v) is 20.3. The van der Waals surface area contributed by atoms with Gasteiger partial charge in [-0.2, -0.15) is 0 Å². The first-order valence-electron chi connectivity index (χ1n) is 10.5. The number of amides is 1. The summed E-state index contributed by atoms with van der Waals surface area (Å²) in [5.41, 5.74) is -2.35. The van der Waals surface area contributed by atoms with E-state index in [2.05, 4.69) is 5.32 Å². The van der Waals surface area contributed by atoms with Crippen molar-refractivity contribution >= 4 is 24.0 Å². The van der Waals surface area contributed by atoms with E-state index in [1.54, 1.807) is 62.3 Å². The number of hydrogen-bond donors (Lipinski definition) is 2. The number of carbonyl (C=O) groups excluding carboxylic acids is 3. The van der Waals surface area contributed by atoms with E-state index in [0.29, 0.717) is 0 Å². The monoisotopic (exact) mass is 445 g/mol. The number of aliphatic carboxylic acids is 1. The second-order valence-corrected chi connectivity index (χ2v) is 10.5. The molecule has 180 valence electrons. The van der Waals surface area contributed by atoms with Crippen molar-refractivity contribution in [3.63, 3.8) is 0 Å². The molecule has 0 aromatic carbocycles. The fourth-order valence-corrected chi connectivity index (χ4v) is 2.54. The summed E-state index contributed by atoms with van der Waals surface area (Å²) in [4.78, 5) is 48.6. The molecule has 0 unspecified atom stereocenters. The molecule has 0 saturated heterocycles. The average molecular weight is 446 g/mol. The van der Waals surface area contributed by atoms with Gasteiger partial charge in [-0.25, -0.2) is 9.59 Å². The van der Waals surface area contributed by atoms with Crippen molar-refractivity contribution < 1.29 is 38.5 Å². The molecule has 9 nitrogen and oxygen atoms in total. The van der Waals surface area contributed by atoms with Crippen LogP contribution in [0.4, 0.5) is 4.79 Å². The van der Waals surface area contributed by atoms with Crippen molar-refractivity contribution in [3.8, 4) is 0 Å². The predicted octanol–water partition coefficient (Wildman–Crippen LogP) is 3.82. The lowest BCUT2D eigenvalue weighted by atomic mass is 9.93. The van der Waals surface area contributed by atoms with Crippen LogP contribution in [-0.2, 0) is 28.6 Å². The molecule has 0 aliphatic carbocycles. The van der Waals surface area contributed by atoms with Crippen LogP contribution >= 0.6 is 0 Å². The lowest BCUT2D eigenvalue weighted by molar-refractivity contribution is -0.163. The van der Waals surface area contributed by atoms with Gasteiger partial charge >= 0.3 is 24.0 Å². The number of nitrogens with one attached hydrogen (secondary N) is 1. The van der Waals surface area contributed by atoms with Gasteiger partial charge in [-0.05, 0) is 81.6 Å². The number of carboxylic acids is 1. The van der Waals surface area contributed by atoms with E-state index in [4.69, 9.17) is 19.3 Å². The molecular weight excluding hydrogens is 406 g/mol. The third-order valence-electron chi connectivity index (χ3n) is 3.59. The molecule has 0 aliphatic rings. The number of hydrogen-bond acceptors (Lipinski definition) is 7. The molecule has 0 radical (unpaired) electrons. The smallest absolute Gasteiger partial charge is 0.408 e. The van der Waals surface area contributed by atoms with Crippen LogP contribution in [0.3, 0.4) is 0 Å². The molecule has 0 fully saturated rings. The SMILES string of the molecule is CC(C)(C)OC(=O)N[C@@H](C[C@@H](CCCC(=O)O)C(=O)OC(C)(C)C)C(=O)OC(C)(C)C. The van der Waals surface area contributed by atoms with Gasteiger partial charge in [-0.15, -0.1) is 0 Å². The molecule has 31 heavy (non-hydrogen) atoms. The highest BCUT2D eigenvalue weighted by molar-refractivity contribution is 5.83. The van der Waals surface area contributed by atoms with Crippen LogP contribution in [0.1, 0.15) is 88.0 Å². The highest BCUT2D eigenvalue weighted by atomic mass is 16.6. The van der Waals surface area contributed by atoms with Crippen LogP contribution in [0, 0.1) is 5.92 Å². The van der Waals surface area contributed by atoms with Crippen LogP contribution in [0.15, 0.2) is 0 Å². The molecule has 0 spiro atoms. The molecular formula is C22H39NO8. The second-order valence-electron chi connectivity index (χ2n) is 10.5. The Bertz CT molecular complexity index is 637. The maximum atomic E-state index is 12.7. The maximum Gasteiger partial charge on any atom is 0.408 e. The van der Waals surface area contributed by atoms with Crippen molar-refractivity contribution in [3.05, 3.63) is 0 Å². The van der Waals surface area contributed by atoms with Crippen molar-refractivity contribution in [1.82, 2.24) is 5.32 Å². The van der Waals surface area contributed by atoms with Crippen LogP contribution < -0.4 is 5.32 Å². The van der Waals surface area contributed by atoms with Gasteiger partial charge in [0.15, 0.2) is 0 Å². The standard InChI is InChI=1S/C22H39NO8/c1-20(2,3)29-17(26)14(11-10-12-16(24)25)13-15(18(27)30-21(4,5)6)23-19(28)31-22(7,8)9/h14-15H,10-13H2,1-9H3,(H,23,28)(H,24,25)/t14-,15+/m1/s1. The Kier molecular flexibility index (Phi) is 10.5. The van der Waals surface area contributed by atoms with Crippen molar-refractivity contribution in [2.75, 3.05) is 0 Å². The first-order valence-corrected chi connectivity index (χ1v) is 10.5. The first kappa shape index (κ1) is 28.7. The fourth-order valence-electron chi connectivity index (χ4n) is 2.54. The van der Waals surface area contributed by atoms with Crippen LogP contribution in [0.2, 0.25) is 0 Å². The predicted molar refractivity (Wildman–Crippen MR) is 114 cm³/mol. The van der Waals surface area contributed by atoms with Crippen molar-refractivity contribution in [2.45, 2.75) is 111 Å². The third-order valence-corrected chi connectivity index (χ3v) is 3.59. The molecule has 0 rings (SSSR count). The van der Waals surface area contributed by atoms with Gasteiger partial charge in [-0.1, -0.05) is 0 Å². The number of rotatable bonds is 9. The molecule has 2 atom stereocenters. The minimum Gasteiger partial charge on any atom is -0.481 e. The number of esters is 2. The van der Waals surface area contributed by atoms with Gasteiger partial charge < -0.3 is 24.6 Å². The first-order chi connectivity index (χ1) is 13.8. The zero-order valence-electron chi connectivity index (χ0n) is 20.3. The second kappa shape index (κ2) is 11.3. The number of alkyl carbamates (subject to hydrolysis) is 1. The minimum absolute atomic E-state index is 0.108. The van der Waals surface area contributed by atoms with Crippen LogP contribution in [0.25, 0.3) is 0 Å². The summed E-state index contributed by atoms with van der Waals surface area (Å²) in [6.45, 7) is 15.3. The van der Waals surface area contributed by atoms with Crippen LogP contribution in [-0.4, -0.2) is 52.0 Å². The Balaban J connectivity index is 5.63. The van der Waals surface area contributed by atoms with Crippen molar-refractivity contribution in [2.24, 2.45) is 5.92 Å². The van der Waals surface area contributed by atoms with E-state index in [9.17, 15) is 19.2 Å². The van der Waals surface area contributed by atoms with E-state index in [1.807, 2.05) is 0 Å². The number of carboxylic acid groups (broad SMARTS) is 1. The zero-order chi connectivity index (χ0) is 24.6. The molecule has 0 heterocycles. The summed E-state index contributed by atoms with van der Waals surface area (Å²) in [5.74, 6) is -3.09. The summed E-state index contributed by atoms with van der Waals surface area (Å²) in [7, 11) is 0. The van der Waals surface area contributed by atoms with E-state index >= 15 is 0 Å². The summed E-state index contributed by atoms with van der Waals surface area (Å²) in [6, 6.07) is -1.17. The van der Waals surface area contributed by atoms with E-state index in [-0.39, 0.29) is 25.7 Å². The molecule has 2 N–H and O–H groups in total. The Morgan fingerprint density at radius 1 is 0.774 bits per heavy atom. The molecule has 0 bridgehead atoms. The van der Waals surface area contributed by atoms with E-state index in [0.717, 1.165) is 0 Å². The van der Waals surface area contributed by atoms with Crippen molar-refractivity contribution in [1.29, 1.82) is 0 Å². The fraction of sp³-hybridized carbons (Fsp3) is 0.818. The lowest BCUT2D eigenvalue weighted by Gasteiger charge is -2.29. The maximum absolute atomic E-state index is 12.7. The highest BCUT2D eigenvalue weighted by Crippen LogP contribution is 2.22. The van der Waals surface area contributed by atoms with Gasteiger partial charge in [0.25, 0.3) is 0 Å². The topological polar surface area (TPSA) is 128 Å². The largest absolute Gasteiger partial charge is 0.481 e. The highest BCUT2D eigenvalue weighted by Gasteiger charge is 2.34. The number of ether oxygens (including phenoxy) is 3. The summed E-state index contributed by atoms with van der Waals surface area (Å²) in [5, 5.41) is 11.4. The minimum atomic E-state index is -1.17. The van der Waals surface area contributed by atoms with Gasteiger partial charge in [0, 0.05) is 6.42 Å². The molecule has 1 amide bonds. The van der Waals surface area contributed by atoms with Gasteiger partial charge in [-0.3, -0.25) is 9.59 Å². The third kappa shape index (κ3) is 15.2. The van der Waals surface area contributed by atoms with Gasteiger partial charge in [0.2, 0.25) is 0 Å². The summed E-state index contributed by atoms with van der Waals surface area (Å²) in [6.07, 6.45) is -0.668. The molecule has 0 aliphatic heterocycles. The molecule has 0 saturated carbocycles. The normalized spacial score (nSPS) is 14.2. The van der Waals surface area contributed by atoms with E-state index in [1.165, 1.54) is 0 Å². The summed E-state index contributed by atoms with van der Waals surface area (Å²) >= 11 is 0. The van der Waals surface area contributed by atoms with Gasteiger partial charge in [0.1, 0.15) is 22.8 Å². The average Bonchev–Trinajstić information content (AvgIpc) is 2.47. The quantitative estimate of drug-likeness (QED) is 0.405. The lowest BCUT2D eigenvalue weighted by Crippen LogP contribution is -2.47. The molecule has 0 aromatic heterocycles. The molecule has 9 heteroatoms. The van der Waals surface area contributed by atoms with Gasteiger partial charge in [0.05, 0.1) is 5.92 Å². The van der Waals surface area contributed by atoms with E-state index < -0.39 is 52.8 Å². The number of carbonyl (C=O) groups is 4. The summed E-state index contributed by atoms with van der Waals surface area (Å²) < 4.78 is 16.1.